The highest BCUT2D eigenvalue weighted by Gasteiger charge is 2.18. The van der Waals surface area contributed by atoms with Crippen molar-refractivity contribution in [2.75, 3.05) is 13.7 Å². The van der Waals surface area contributed by atoms with Crippen molar-refractivity contribution in [1.82, 2.24) is 9.29 Å². The molecule has 1 aromatic carbocycles. The highest BCUT2D eigenvalue weighted by Crippen LogP contribution is 2.25. The molecule has 0 saturated heterocycles. The van der Waals surface area contributed by atoms with Crippen molar-refractivity contribution in [2.45, 2.75) is 25.3 Å². The molecule has 2 aromatic rings. The van der Waals surface area contributed by atoms with Gasteiger partial charge < -0.3 is 9.30 Å². The van der Waals surface area contributed by atoms with Gasteiger partial charge in [-0.1, -0.05) is 0 Å². The molecule has 6 heteroatoms. The third-order valence-electron chi connectivity index (χ3n) is 3.31. The lowest BCUT2D eigenvalue weighted by molar-refractivity contribution is 0.411. The summed E-state index contributed by atoms with van der Waals surface area (Å²) in [6.07, 6.45) is 3.80. The summed E-state index contributed by atoms with van der Waals surface area (Å²) in [4.78, 5) is 0.299. The number of aromatic nitrogens is 1. The van der Waals surface area contributed by atoms with Crippen LogP contribution in [0.1, 0.15) is 11.1 Å². The Morgan fingerprint density at radius 2 is 1.81 bits per heavy atom. The Labute approximate surface area is 125 Å². The van der Waals surface area contributed by atoms with Gasteiger partial charge in [0.2, 0.25) is 10.0 Å². The Bertz CT molecular complexity index is 707. The van der Waals surface area contributed by atoms with E-state index >= 15 is 0 Å². The maximum absolute atomic E-state index is 12.4. The number of nitrogens with zero attached hydrogens (tertiary/aromatic N) is 1. The van der Waals surface area contributed by atoms with Gasteiger partial charge >= 0.3 is 0 Å². The SMILES string of the molecule is COc1cc(C)c(S(=O)(=O)NCCn2cccc2)cc1C. The number of hydrogen-bond acceptors (Lipinski definition) is 3. The fraction of sp³-hybridized carbons (Fsp3) is 0.333. The topological polar surface area (TPSA) is 60.3 Å². The largest absolute Gasteiger partial charge is 0.496 e. The summed E-state index contributed by atoms with van der Waals surface area (Å²) in [6, 6.07) is 7.21. The summed E-state index contributed by atoms with van der Waals surface area (Å²) in [5, 5.41) is 0. The van der Waals surface area contributed by atoms with Gasteiger partial charge in [0.05, 0.1) is 12.0 Å². The van der Waals surface area contributed by atoms with E-state index in [0.29, 0.717) is 29.3 Å². The van der Waals surface area contributed by atoms with Gasteiger partial charge in [0.1, 0.15) is 5.75 Å². The molecule has 0 fully saturated rings. The molecule has 114 valence electrons. The van der Waals surface area contributed by atoms with Crippen LogP contribution < -0.4 is 9.46 Å². The Kier molecular flexibility index (Phi) is 4.69. The van der Waals surface area contributed by atoms with Crippen LogP contribution in [0.2, 0.25) is 0 Å². The predicted octanol–water partition coefficient (Wildman–Crippen LogP) is 2.09. The predicted molar refractivity (Wildman–Crippen MR) is 82.1 cm³/mol. The van der Waals surface area contributed by atoms with E-state index in [1.807, 2.05) is 36.0 Å². The van der Waals surface area contributed by atoms with Crippen LogP contribution in [-0.4, -0.2) is 26.6 Å². The van der Waals surface area contributed by atoms with E-state index in [1.54, 1.807) is 26.2 Å². The van der Waals surface area contributed by atoms with Gasteiger partial charge in [-0.3, -0.25) is 0 Å². The van der Waals surface area contributed by atoms with Gasteiger partial charge in [-0.2, -0.15) is 0 Å². The Hall–Kier alpha value is -1.79. The molecule has 0 aliphatic rings. The van der Waals surface area contributed by atoms with Crippen LogP contribution in [0.15, 0.2) is 41.6 Å². The van der Waals surface area contributed by atoms with E-state index in [-0.39, 0.29) is 0 Å². The summed E-state index contributed by atoms with van der Waals surface area (Å²) in [7, 11) is -1.94. The molecule has 0 saturated carbocycles. The molecule has 0 aliphatic carbocycles. The first kappa shape index (κ1) is 15.6. The molecule has 0 aliphatic heterocycles. The van der Waals surface area contributed by atoms with E-state index < -0.39 is 10.0 Å². The van der Waals surface area contributed by atoms with Crippen molar-refractivity contribution >= 4 is 10.0 Å². The number of hydrogen-bond donors (Lipinski definition) is 1. The molecular weight excluding hydrogens is 288 g/mol. The van der Waals surface area contributed by atoms with Crippen LogP contribution >= 0.6 is 0 Å². The summed E-state index contributed by atoms with van der Waals surface area (Å²) >= 11 is 0. The van der Waals surface area contributed by atoms with Crippen LogP contribution in [0.3, 0.4) is 0 Å². The molecule has 21 heavy (non-hydrogen) atoms. The third-order valence-corrected chi connectivity index (χ3v) is 4.91. The fourth-order valence-electron chi connectivity index (χ4n) is 2.18. The van der Waals surface area contributed by atoms with E-state index in [9.17, 15) is 8.42 Å². The van der Waals surface area contributed by atoms with Crippen LogP contribution in [0.5, 0.6) is 5.75 Å². The minimum Gasteiger partial charge on any atom is -0.496 e. The number of sulfonamides is 1. The second kappa shape index (κ2) is 6.32. The summed E-state index contributed by atoms with van der Waals surface area (Å²) < 4.78 is 34.5. The Morgan fingerprint density at radius 1 is 1.14 bits per heavy atom. The van der Waals surface area contributed by atoms with Gasteiger partial charge in [-0.05, 0) is 49.2 Å². The van der Waals surface area contributed by atoms with Crippen molar-refractivity contribution in [3.05, 3.63) is 47.8 Å². The van der Waals surface area contributed by atoms with Gasteiger partial charge in [-0.25, -0.2) is 13.1 Å². The monoisotopic (exact) mass is 308 g/mol. The molecule has 5 nitrogen and oxygen atoms in total. The maximum atomic E-state index is 12.4. The second-order valence-corrected chi connectivity index (χ2v) is 6.64. The van der Waals surface area contributed by atoms with Crippen LogP contribution in [-0.2, 0) is 16.6 Å². The molecule has 1 aromatic heterocycles. The first-order valence-corrected chi connectivity index (χ1v) is 8.18. The van der Waals surface area contributed by atoms with Gasteiger partial charge in [-0.15, -0.1) is 0 Å². The van der Waals surface area contributed by atoms with Crippen molar-refractivity contribution in [1.29, 1.82) is 0 Å². The van der Waals surface area contributed by atoms with Gasteiger partial charge in [0.15, 0.2) is 0 Å². The summed E-state index contributed by atoms with van der Waals surface area (Å²) in [6.45, 7) is 4.54. The fourth-order valence-corrected chi connectivity index (χ4v) is 3.51. The molecule has 1 heterocycles. The molecule has 2 rings (SSSR count). The smallest absolute Gasteiger partial charge is 0.240 e. The van der Waals surface area contributed by atoms with Crippen molar-refractivity contribution in [3.63, 3.8) is 0 Å². The molecule has 1 N–H and O–H groups in total. The highest BCUT2D eigenvalue weighted by molar-refractivity contribution is 7.89. The molecular formula is C15H20N2O3S. The van der Waals surface area contributed by atoms with Gasteiger partial charge in [0, 0.05) is 25.5 Å². The van der Waals surface area contributed by atoms with Crippen LogP contribution in [0.4, 0.5) is 0 Å². The molecule has 0 amide bonds. The summed E-state index contributed by atoms with van der Waals surface area (Å²) in [5.74, 6) is 0.693. The van der Waals surface area contributed by atoms with E-state index in [0.717, 1.165) is 5.56 Å². The maximum Gasteiger partial charge on any atom is 0.240 e. The number of benzene rings is 1. The zero-order valence-electron chi connectivity index (χ0n) is 12.5. The first-order chi connectivity index (χ1) is 9.94. The standard InChI is InChI=1S/C15H20N2O3S/c1-12-11-15(13(2)10-14(12)20-3)21(18,19)16-6-9-17-7-4-5-8-17/h4-5,7-8,10-11,16H,6,9H2,1-3H3. The summed E-state index contributed by atoms with van der Waals surface area (Å²) in [5.41, 5.74) is 1.47. The Balaban J connectivity index is 2.14. The average Bonchev–Trinajstić information content (AvgIpc) is 2.93. The number of aryl methyl sites for hydroxylation is 2. The number of ether oxygens (including phenoxy) is 1. The van der Waals surface area contributed by atoms with Gasteiger partial charge in [0.25, 0.3) is 0 Å². The van der Waals surface area contributed by atoms with Crippen molar-refractivity contribution in [3.8, 4) is 5.75 Å². The van der Waals surface area contributed by atoms with Crippen molar-refractivity contribution in [2.24, 2.45) is 0 Å². The third kappa shape index (κ3) is 3.65. The van der Waals surface area contributed by atoms with Crippen LogP contribution in [0, 0.1) is 13.8 Å². The molecule has 0 bridgehead atoms. The lowest BCUT2D eigenvalue weighted by Gasteiger charge is -2.13. The molecule has 0 radical (unpaired) electrons. The van der Waals surface area contributed by atoms with E-state index in [1.165, 1.54) is 0 Å². The molecule has 0 spiro atoms. The van der Waals surface area contributed by atoms with Crippen molar-refractivity contribution < 1.29 is 13.2 Å². The lowest BCUT2D eigenvalue weighted by Crippen LogP contribution is -2.27. The number of methoxy groups -OCH3 is 1. The zero-order chi connectivity index (χ0) is 15.5. The minimum absolute atomic E-state index is 0.299. The quantitative estimate of drug-likeness (QED) is 0.889. The molecule has 0 atom stereocenters. The average molecular weight is 308 g/mol. The molecule has 0 unspecified atom stereocenters. The van der Waals surface area contributed by atoms with E-state index in [2.05, 4.69) is 4.72 Å². The number of nitrogens with one attached hydrogen (secondary N) is 1. The normalized spacial score (nSPS) is 11.6. The zero-order valence-corrected chi connectivity index (χ0v) is 13.3. The second-order valence-electron chi connectivity index (χ2n) is 4.91. The highest BCUT2D eigenvalue weighted by atomic mass is 32.2. The lowest BCUT2D eigenvalue weighted by atomic mass is 10.1. The van der Waals surface area contributed by atoms with E-state index in [4.69, 9.17) is 4.74 Å². The Morgan fingerprint density at radius 3 is 2.43 bits per heavy atom. The minimum atomic E-state index is -3.51. The number of rotatable bonds is 6. The van der Waals surface area contributed by atoms with Crippen LogP contribution in [0.25, 0.3) is 0 Å². The first-order valence-electron chi connectivity index (χ1n) is 6.69.